The third kappa shape index (κ3) is 4.41. The summed E-state index contributed by atoms with van der Waals surface area (Å²) < 4.78 is 2.05. The van der Waals surface area contributed by atoms with Crippen LogP contribution in [0.25, 0.3) is 5.65 Å². The van der Waals surface area contributed by atoms with E-state index in [1.54, 1.807) is 0 Å². The predicted octanol–water partition coefficient (Wildman–Crippen LogP) is 2.59. The summed E-state index contributed by atoms with van der Waals surface area (Å²) in [5, 5.41) is 7.49. The molecule has 1 unspecified atom stereocenters. The first-order valence-electron chi connectivity index (χ1n) is 8.32. The Morgan fingerprint density at radius 3 is 3.17 bits per heavy atom. The van der Waals surface area contributed by atoms with E-state index < -0.39 is 0 Å². The third-order valence-corrected chi connectivity index (χ3v) is 5.33. The summed E-state index contributed by atoms with van der Waals surface area (Å²) in [6.07, 6.45) is 6.74. The number of guanidine groups is 1. The van der Waals surface area contributed by atoms with Crippen molar-refractivity contribution < 1.29 is 0 Å². The van der Waals surface area contributed by atoms with Crippen molar-refractivity contribution in [3.63, 3.8) is 0 Å². The van der Waals surface area contributed by atoms with Crippen LogP contribution in [0, 0.1) is 6.92 Å². The zero-order chi connectivity index (χ0) is 16.1. The van der Waals surface area contributed by atoms with Gasteiger partial charge in [0.2, 0.25) is 0 Å². The maximum Gasteiger partial charge on any atom is 0.191 e. The van der Waals surface area contributed by atoms with Gasteiger partial charge in [0.25, 0.3) is 0 Å². The second-order valence-electron chi connectivity index (χ2n) is 5.91. The van der Waals surface area contributed by atoms with Gasteiger partial charge in [0.15, 0.2) is 5.96 Å². The molecule has 0 bridgehead atoms. The van der Waals surface area contributed by atoms with Crippen LogP contribution in [0.3, 0.4) is 0 Å². The highest BCUT2D eigenvalue weighted by molar-refractivity contribution is 8.00. The minimum atomic E-state index is 0.591. The Hall–Kier alpha value is -1.69. The summed E-state index contributed by atoms with van der Waals surface area (Å²) in [4.78, 5) is 9.31. The number of hydrogen-bond acceptors (Lipinski definition) is 3. The van der Waals surface area contributed by atoms with Crippen LogP contribution in [0.1, 0.15) is 31.0 Å². The van der Waals surface area contributed by atoms with Crippen LogP contribution < -0.4 is 10.6 Å². The lowest BCUT2D eigenvalue weighted by molar-refractivity contribution is 0.726. The second-order valence-corrected chi connectivity index (χ2v) is 7.32. The zero-order valence-electron chi connectivity index (χ0n) is 13.9. The van der Waals surface area contributed by atoms with Gasteiger partial charge in [0, 0.05) is 30.7 Å². The fraction of sp³-hybridized carbons (Fsp3) is 0.529. The Morgan fingerprint density at radius 2 is 2.39 bits per heavy atom. The lowest BCUT2D eigenvalue weighted by Crippen LogP contribution is -2.40. The highest BCUT2D eigenvalue weighted by Crippen LogP contribution is 2.25. The number of pyridine rings is 1. The Kier molecular flexibility index (Phi) is 5.43. The van der Waals surface area contributed by atoms with Gasteiger partial charge in [-0.3, -0.25) is 0 Å². The zero-order valence-corrected chi connectivity index (χ0v) is 14.7. The summed E-state index contributed by atoms with van der Waals surface area (Å²) >= 11 is 2.06. The largest absolute Gasteiger partial charge is 0.357 e. The fourth-order valence-electron chi connectivity index (χ4n) is 2.73. The van der Waals surface area contributed by atoms with E-state index >= 15 is 0 Å². The molecule has 1 saturated heterocycles. The van der Waals surface area contributed by atoms with Gasteiger partial charge in [-0.25, -0.2) is 9.98 Å². The summed E-state index contributed by atoms with van der Waals surface area (Å²) in [5.41, 5.74) is 3.20. The lowest BCUT2D eigenvalue weighted by atomic mass is 10.2. The van der Waals surface area contributed by atoms with Gasteiger partial charge < -0.3 is 15.0 Å². The third-order valence-electron chi connectivity index (χ3n) is 3.93. The van der Waals surface area contributed by atoms with Crippen molar-refractivity contribution in [3.05, 3.63) is 35.8 Å². The van der Waals surface area contributed by atoms with E-state index in [0.717, 1.165) is 35.6 Å². The van der Waals surface area contributed by atoms with Crippen LogP contribution in [0.15, 0.2) is 29.5 Å². The molecule has 0 amide bonds. The van der Waals surface area contributed by atoms with Gasteiger partial charge >= 0.3 is 0 Å². The van der Waals surface area contributed by atoms with Gasteiger partial charge in [-0.2, -0.15) is 11.8 Å². The van der Waals surface area contributed by atoms with Crippen LogP contribution >= 0.6 is 11.8 Å². The van der Waals surface area contributed by atoms with Gasteiger partial charge in [-0.1, -0.05) is 0 Å². The molecule has 5 nitrogen and oxygen atoms in total. The number of aliphatic imine (C=N–C) groups is 1. The quantitative estimate of drug-likeness (QED) is 0.653. The molecule has 0 aromatic carbocycles. The maximum atomic E-state index is 4.67. The maximum absolute atomic E-state index is 4.67. The van der Waals surface area contributed by atoms with E-state index in [1.807, 2.05) is 10.6 Å². The second kappa shape index (κ2) is 7.73. The van der Waals surface area contributed by atoms with Gasteiger partial charge in [0.05, 0.1) is 12.2 Å². The molecule has 0 saturated carbocycles. The first-order valence-corrected chi connectivity index (χ1v) is 9.37. The van der Waals surface area contributed by atoms with Gasteiger partial charge in [-0.05, 0) is 50.1 Å². The van der Waals surface area contributed by atoms with E-state index in [4.69, 9.17) is 0 Å². The molecular weight excluding hydrogens is 306 g/mol. The standard InChI is InChI=1S/C17H25N5S/c1-3-18-17(20-11-15-5-4-8-23-15)19-10-14-12-22-7-6-13(2)9-16(22)21-14/h6-7,9,12,15H,3-5,8,10-11H2,1-2H3,(H2,18,19,20). The van der Waals surface area contributed by atoms with Crippen LogP contribution in [0.2, 0.25) is 0 Å². The molecule has 0 radical (unpaired) electrons. The normalized spacial score (nSPS) is 18.5. The van der Waals surface area contributed by atoms with Crippen molar-refractivity contribution in [2.24, 2.45) is 4.99 Å². The molecule has 124 valence electrons. The van der Waals surface area contributed by atoms with Gasteiger partial charge in [-0.15, -0.1) is 0 Å². The first-order chi connectivity index (χ1) is 11.2. The van der Waals surface area contributed by atoms with Crippen LogP contribution in [0.4, 0.5) is 0 Å². The number of nitrogens with zero attached hydrogens (tertiary/aromatic N) is 3. The summed E-state index contributed by atoms with van der Waals surface area (Å²) in [5.74, 6) is 2.17. The van der Waals surface area contributed by atoms with Crippen LogP contribution in [-0.4, -0.2) is 39.4 Å². The molecule has 2 aromatic rings. The van der Waals surface area contributed by atoms with Crippen LogP contribution in [0.5, 0.6) is 0 Å². The molecule has 1 aliphatic rings. The molecule has 23 heavy (non-hydrogen) atoms. The SMILES string of the molecule is CCNC(=NCc1cn2ccc(C)cc2n1)NCC1CCCS1. The van der Waals surface area contributed by atoms with E-state index in [-0.39, 0.29) is 0 Å². The molecule has 1 aliphatic heterocycles. The Balaban J connectivity index is 1.63. The molecule has 0 aliphatic carbocycles. The van der Waals surface area contributed by atoms with Crippen molar-refractivity contribution in [3.8, 4) is 0 Å². The molecule has 1 fully saturated rings. The highest BCUT2D eigenvalue weighted by atomic mass is 32.2. The molecule has 0 spiro atoms. The number of fused-ring (bicyclic) bond motifs is 1. The minimum Gasteiger partial charge on any atom is -0.357 e. The average Bonchev–Trinajstić information content (AvgIpc) is 3.18. The van der Waals surface area contributed by atoms with Crippen molar-refractivity contribution >= 4 is 23.4 Å². The molecular formula is C17H25N5S. The van der Waals surface area contributed by atoms with Crippen molar-refractivity contribution in [1.82, 2.24) is 20.0 Å². The minimum absolute atomic E-state index is 0.591. The monoisotopic (exact) mass is 331 g/mol. The average molecular weight is 331 g/mol. The van der Waals surface area contributed by atoms with Gasteiger partial charge in [0.1, 0.15) is 5.65 Å². The molecule has 3 heterocycles. The van der Waals surface area contributed by atoms with E-state index in [0.29, 0.717) is 6.54 Å². The number of rotatable bonds is 5. The number of hydrogen-bond donors (Lipinski definition) is 2. The van der Waals surface area contributed by atoms with Crippen molar-refractivity contribution in [1.29, 1.82) is 0 Å². The molecule has 2 N–H and O–H groups in total. The summed E-state index contributed by atoms with van der Waals surface area (Å²) in [7, 11) is 0. The lowest BCUT2D eigenvalue weighted by Gasteiger charge is -2.14. The number of imidazole rings is 1. The first kappa shape index (κ1) is 16.2. The molecule has 2 aromatic heterocycles. The summed E-state index contributed by atoms with van der Waals surface area (Å²) in [6.45, 7) is 6.62. The van der Waals surface area contributed by atoms with E-state index in [9.17, 15) is 0 Å². The predicted molar refractivity (Wildman–Crippen MR) is 98.2 cm³/mol. The Morgan fingerprint density at radius 1 is 1.48 bits per heavy atom. The summed E-state index contributed by atoms with van der Waals surface area (Å²) in [6, 6.07) is 4.18. The van der Waals surface area contributed by atoms with E-state index in [1.165, 1.54) is 24.2 Å². The fourth-order valence-corrected chi connectivity index (χ4v) is 3.93. The Labute approximate surface area is 142 Å². The van der Waals surface area contributed by atoms with E-state index in [2.05, 4.69) is 64.5 Å². The highest BCUT2D eigenvalue weighted by Gasteiger charge is 2.15. The number of nitrogens with one attached hydrogen (secondary N) is 2. The number of aryl methyl sites for hydroxylation is 1. The van der Waals surface area contributed by atoms with Crippen molar-refractivity contribution in [2.75, 3.05) is 18.8 Å². The van der Waals surface area contributed by atoms with Crippen molar-refractivity contribution in [2.45, 2.75) is 38.5 Å². The smallest absolute Gasteiger partial charge is 0.191 e. The van der Waals surface area contributed by atoms with Crippen LogP contribution in [-0.2, 0) is 6.54 Å². The molecule has 3 rings (SSSR count). The topological polar surface area (TPSA) is 53.7 Å². The molecule has 1 atom stereocenters. The Bertz CT molecular complexity index is 673. The molecule has 6 heteroatoms. The number of aromatic nitrogens is 2. The number of thioether (sulfide) groups is 1.